The van der Waals surface area contributed by atoms with E-state index in [4.69, 9.17) is 4.74 Å². The molecule has 1 atom stereocenters. The molecule has 0 aliphatic heterocycles. The van der Waals surface area contributed by atoms with Crippen molar-refractivity contribution >= 4 is 29.6 Å². The quantitative estimate of drug-likeness (QED) is 0.192. The maximum Gasteiger partial charge on any atom is 0.407 e. The van der Waals surface area contributed by atoms with Crippen LogP contribution in [-0.4, -0.2) is 46.6 Å². The molecule has 0 bridgehead atoms. The van der Waals surface area contributed by atoms with E-state index in [1.807, 2.05) is 91.0 Å². The number of aryl methyl sites for hydroxylation is 1. The first kappa shape index (κ1) is 31.6. The summed E-state index contributed by atoms with van der Waals surface area (Å²) in [4.78, 5) is 36.9. The fraction of sp³-hybridized carbons (Fsp3) is 0.273. The Morgan fingerprint density at radius 3 is 1.75 bits per heavy atom. The Morgan fingerprint density at radius 2 is 1.30 bits per heavy atom. The first-order chi connectivity index (χ1) is 21.0. The zero-order valence-corrected chi connectivity index (χ0v) is 25.2. The molecule has 0 aliphatic carbocycles. The molecule has 1 unspecified atom stereocenters. The average molecular weight is 598 g/mol. The summed E-state index contributed by atoms with van der Waals surface area (Å²) >= 11 is 0. The molecule has 4 rings (SSSR count). The second-order valence-electron chi connectivity index (χ2n) is 11.2. The summed E-state index contributed by atoms with van der Waals surface area (Å²) in [5.41, 5.74) is 1.57. The lowest BCUT2D eigenvalue weighted by atomic mass is 9.77. The van der Waals surface area contributed by atoms with Crippen LogP contribution in [0.15, 0.2) is 97.2 Å². The highest BCUT2D eigenvalue weighted by molar-refractivity contribution is 5.96. The molecule has 0 fully saturated rings. The van der Waals surface area contributed by atoms with Crippen LogP contribution in [0, 0.1) is 5.92 Å². The van der Waals surface area contributed by atoms with Crippen LogP contribution in [-0.2, 0) is 22.1 Å². The Labute approximate surface area is 256 Å². The average Bonchev–Trinajstić information content (AvgIpc) is 3.33. The van der Waals surface area contributed by atoms with Gasteiger partial charge in [-0.05, 0) is 37.5 Å². The highest BCUT2D eigenvalue weighted by Crippen LogP contribution is 2.41. The van der Waals surface area contributed by atoms with Crippen LogP contribution in [0.25, 0.3) is 0 Å². The van der Waals surface area contributed by atoms with Crippen molar-refractivity contribution in [2.45, 2.75) is 31.9 Å². The van der Waals surface area contributed by atoms with Gasteiger partial charge in [0.1, 0.15) is 28.7 Å². The van der Waals surface area contributed by atoms with Crippen LogP contribution in [0.3, 0.4) is 0 Å². The SMILES string of the molecule is Cn1ncc(NC(=O)C(CNC(=O)[O-])CNC(=O)OC(C)(C)C)c1NC(c1ccccc1)(c1ccccc1)c1ccccc1. The van der Waals surface area contributed by atoms with Gasteiger partial charge in [0.25, 0.3) is 0 Å². The smallest absolute Gasteiger partial charge is 0.407 e. The van der Waals surface area contributed by atoms with E-state index in [1.54, 1.807) is 32.5 Å². The number of carbonyl (C=O) groups is 3. The van der Waals surface area contributed by atoms with Gasteiger partial charge >= 0.3 is 6.09 Å². The van der Waals surface area contributed by atoms with Crippen LogP contribution in [0.5, 0.6) is 0 Å². The number of hydrogen-bond donors (Lipinski definition) is 4. The van der Waals surface area contributed by atoms with E-state index in [0.29, 0.717) is 11.5 Å². The van der Waals surface area contributed by atoms with Gasteiger partial charge in [-0.15, -0.1) is 0 Å². The molecule has 0 spiro atoms. The van der Waals surface area contributed by atoms with Gasteiger partial charge in [0, 0.05) is 20.1 Å². The van der Waals surface area contributed by atoms with E-state index < -0.39 is 35.2 Å². The minimum absolute atomic E-state index is 0.188. The number of rotatable bonds is 11. The molecule has 4 aromatic rings. The van der Waals surface area contributed by atoms with Gasteiger partial charge < -0.3 is 35.9 Å². The minimum Gasteiger partial charge on any atom is -0.530 e. The molecule has 4 N–H and O–H groups in total. The maximum atomic E-state index is 13.5. The molecular formula is C33H37N6O5-. The number of alkyl carbamates (subject to hydrolysis) is 1. The van der Waals surface area contributed by atoms with Crippen molar-refractivity contribution in [2.75, 3.05) is 23.7 Å². The van der Waals surface area contributed by atoms with Crippen molar-refractivity contribution in [2.24, 2.45) is 13.0 Å². The summed E-state index contributed by atoms with van der Waals surface area (Å²) in [5.74, 6) is -1.03. The molecule has 0 saturated carbocycles. The Hall–Kier alpha value is -5.32. The number of ether oxygens (including phenoxy) is 1. The number of carbonyl (C=O) groups excluding carboxylic acids is 3. The first-order valence-corrected chi connectivity index (χ1v) is 14.2. The van der Waals surface area contributed by atoms with Gasteiger partial charge in [0.2, 0.25) is 5.91 Å². The summed E-state index contributed by atoms with van der Waals surface area (Å²) in [6.45, 7) is 4.66. The Morgan fingerprint density at radius 1 is 0.818 bits per heavy atom. The van der Waals surface area contributed by atoms with Gasteiger partial charge in [-0.2, -0.15) is 5.10 Å². The molecule has 0 radical (unpaired) electrons. The zero-order chi connectivity index (χ0) is 31.7. The number of nitrogens with zero attached hydrogens (tertiary/aromatic N) is 2. The number of nitrogens with one attached hydrogen (secondary N) is 4. The summed E-state index contributed by atoms with van der Waals surface area (Å²) in [7, 11) is 1.75. The summed E-state index contributed by atoms with van der Waals surface area (Å²) in [6, 6.07) is 29.9. The standard InChI is InChI=1S/C33H38N6O5/c1-32(2,3)44-31(43)35-21-23(20-34-30(41)42)29(40)37-27-22-36-39(4)28(27)38-33(24-14-8-5-9-15-24,25-16-10-6-11-17-25)26-18-12-7-13-19-26/h5-19,22-23,34,38H,20-21H2,1-4H3,(H,35,43)(H,37,40)(H,41,42)/p-1. The van der Waals surface area contributed by atoms with E-state index in [-0.39, 0.29) is 13.1 Å². The van der Waals surface area contributed by atoms with Crippen molar-refractivity contribution in [3.8, 4) is 0 Å². The molecule has 11 heteroatoms. The van der Waals surface area contributed by atoms with E-state index >= 15 is 0 Å². The van der Waals surface area contributed by atoms with Crippen LogP contribution < -0.4 is 26.4 Å². The lowest BCUT2D eigenvalue weighted by molar-refractivity contribution is -0.250. The third-order valence-corrected chi connectivity index (χ3v) is 6.88. The Balaban J connectivity index is 1.70. The number of carboxylic acid groups (broad SMARTS) is 1. The molecule has 44 heavy (non-hydrogen) atoms. The number of amides is 3. The van der Waals surface area contributed by atoms with Crippen LogP contribution >= 0.6 is 0 Å². The Kier molecular flexibility index (Phi) is 9.89. The van der Waals surface area contributed by atoms with Gasteiger partial charge in [0.05, 0.1) is 12.1 Å². The molecule has 0 saturated heterocycles. The third-order valence-electron chi connectivity index (χ3n) is 6.88. The van der Waals surface area contributed by atoms with E-state index in [0.717, 1.165) is 16.7 Å². The zero-order valence-electron chi connectivity index (χ0n) is 25.2. The van der Waals surface area contributed by atoms with Gasteiger partial charge in [0.15, 0.2) is 0 Å². The molecule has 3 amide bonds. The fourth-order valence-corrected chi connectivity index (χ4v) is 4.86. The van der Waals surface area contributed by atoms with Crippen molar-refractivity contribution < 1.29 is 24.2 Å². The van der Waals surface area contributed by atoms with Crippen molar-refractivity contribution in [3.05, 3.63) is 114 Å². The number of aromatic nitrogens is 2. The summed E-state index contributed by atoms with van der Waals surface area (Å²) < 4.78 is 6.88. The Bertz CT molecular complexity index is 1460. The predicted molar refractivity (Wildman–Crippen MR) is 166 cm³/mol. The fourth-order valence-electron chi connectivity index (χ4n) is 4.86. The van der Waals surface area contributed by atoms with Gasteiger partial charge in [-0.3, -0.25) is 9.48 Å². The first-order valence-electron chi connectivity index (χ1n) is 14.2. The highest BCUT2D eigenvalue weighted by atomic mass is 16.6. The topological polar surface area (TPSA) is 149 Å². The highest BCUT2D eigenvalue weighted by Gasteiger charge is 2.38. The number of hydrogen-bond acceptors (Lipinski definition) is 7. The van der Waals surface area contributed by atoms with Gasteiger partial charge in [-0.1, -0.05) is 91.0 Å². The molecule has 1 aromatic heterocycles. The van der Waals surface area contributed by atoms with E-state index in [1.165, 1.54) is 6.20 Å². The molecule has 11 nitrogen and oxygen atoms in total. The van der Waals surface area contributed by atoms with Crippen molar-refractivity contribution in [1.82, 2.24) is 20.4 Å². The van der Waals surface area contributed by atoms with Gasteiger partial charge in [-0.25, -0.2) is 4.79 Å². The number of anilines is 2. The second-order valence-corrected chi connectivity index (χ2v) is 11.2. The van der Waals surface area contributed by atoms with E-state index in [9.17, 15) is 19.5 Å². The van der Waals surface area contributed by atoms with Crippen LogP contribution in [0.2, 0.25) is 0 Å². The minimum atomic E-state index is -1.54. The molecular weight excluding hydrogens is 560 g/mol. The maximum absolute atomic E-state index is 13.5. The summed E-state index contributed by atoms with van der Waals surface area (Å²) in [6.07, 6.45) is -0.760. The van der Waals surface area contributed by atoms with E-state index in [2.05, 4.69) is 26.4 Å². The lowest BCUT2D eigenvalue weighted by Gasteiger charge is -2.38. The van der Waals surface area contributed by atoms with Crippen LogP contribution in [0.4, 0.5) is 21.1 Å². The van der Waals surface area contributed by atoms with Crippen LogP contribution in [0.1, 0.15) is 37.5 Å². The van der Waals surface area contributed by atoms with Crippen molar-refractivity contribution in [1.29, 1.82) is 0 Å². The summed E-state index contributed by atoms with van der Waals surface area (Å²) in [5, 5.41) is 26.8. The van der Waals surface area contributed by atoms with Crippen molar-refractivity contribution in [3.63, 3.8) is 0 Å². The molecule has 0 aliphatic rings. The number of benzene rings is 3. The predicted octanol–water partition coefficient (Wildman–Crippen LogP) is 3.84. The third kappa shape index (κ3) is 7.74. The monoisotopic (exact) mass is 597 g/mol. The second kappa shape index (κ2) is 13.8. The normalized spacial score (nSPS) is 12.1. The lowest BCUT2D eigenvalue weighted by Crippen LogP contribution is -2.46. The molecule has 1 heterocycles. The molecule has 3 aromatic carbocycles. The molecule has 230 valence electrons. The largest absolute Gasteiger partial charge is 0.530 e.